The van der Waals surface area contributed by atoms with Gasteiger partial charge in [0.2, 0.25) is 0 Å². The molecule has 0 aliphatic carbocycles. The van der Waals surface area contributed by atoms with E-state index in [2.05, 4.69) is 39.8 Å². The minimum absolute atomic E-state index is 0.667. The van der Waals surface area contributed by atoms with Gasteiger partial charge in [0.25, 0.3) is 0 Å². The van der Waals surface area contributed by atoms with E-state index >= 15 is 0 Å². The minimum Gasteiger partial charge on any atom is -0.334 e. The summed E-state index contributed by atoms with van der Waals surface area (Å²) >= 11 is 0. The molecular formula is C15H28N4. The van der Waals surface area contributed by atoms with Gasteiger partial charge < -0.3 is 14.8 Å². The molecule has 1 aliphatic heterocycles. The van der Waals surface area contributed by atoms with Crippen LogP contribution in [0.1, 0.15) is 45.4 Å². The molecule has 0 radical (unpaired) electrons. The van der Waals surface area contributed by atoms with Crippen LogP contribution in [-0.2, 0) is 13.1 Å². The third-order valence-electron chi connectivity index (χ3n) is 4.11. The summed E-state index contributed by atoms with van der Waals surface area (Å²) < 4.78 is 2.21. The van der Waals surface area contributed by atoms with Crippen molar-refractivity contribution in [3.8, 4) is 0 Å². The van der Waals surface area contributed by atoms with Crippen molar-refractivity contribution in [3.05, 3.63) is 18.2 Å². The van der Waals surface area contributed by atoms with E-state index in [-0.39, 0.29) is 0 Å². The lowest BCUT2D eigenvalue weighted by Crippen LogP contribution is -2.42. The molecule has 1 saturated heterocycles. The topological polar surface area (TPSA) is 33.1 Å². The van der Waals surface area contributed by atoms with Gasteiger partial charge in [-0.15, -0.1) is 0 Å². The summed E-state index contributed by atoms with van der Waals surface area (Å²) in [6.07, 6.45) is 9.15. The van der Waals surface area contributed by atoms with Crippen molar-refractivity contribution < 1.29 is 0 Å². The predicted molar refractivity (Wildman–Crippen MR) is 79.1 cm³/mol. The lowest BCUT2D eigenvalue weighted by molar-refractivity contribution is 0.194. The fourth-order valence-corrected chi connectivity index (χ4v) is 2.77. The zero-order valence-corrected chi connectivity index (χ0v) is 12.4. The Morgan fingerprint density at radius 2 is 2.11 bits per heavy atom. The molecular weight excluding hydrogens is 236 g/mol. The Morgan fingerprint density at radius 1 is 1.32 bits per heavy atom. The molecule has 0 aromatic carbocycles. The Hall–Kier alpha value is -0.870. The zero-order valence-electron chi connectivity index (χ0n) is 12.4. The van der Waals surface area contributed by atoms with Crippen LogP contribution in [0.2, 0.25) is 0 Å². The second-order valence-electron chi connectivity index (χ2n) is 5.48. The Labute approximate surface area is 117 Å². The molecule has 1 aromatic rings. The maximum atomic E-state index is 4.42. The van der Waals surface area contributed by atoms with Crippen molar-refractivity contribution in [1.82, 2.24) is 19.8 Å². The first kappa shape index (κ1) is 14.5. The van der Waals surface area contributed by atoms with Crippen molar-refractivity contribution in [2.75, 3.05) is 19.6 Å². The van der Waals surface area contributed by atoms with E-state index in [0.29, 0.717) is 6.04 Å². The SMILES string of the molecule is CCCCN1CCC(NCc2nccn2CC)CC1. The van der Waals surface area contributed by atoms with Crippen molar-refractivity contribution in [2.24, 2.45) is 0 Å². The van der Waals surface area contributed by atoms with Gasteiger partial charge in [-0.2, -0.15) is 0 Å². The van der Waals surface area contributed by atoms with Gasteiger partial charge in [-0.05, 0) is 45.8 Å². The highest BCUT2D eigenvalue weighted by molar-refractivity contribution is 4.92. The van der Waals surface area contributed by atoms with Gasteiger partial charge in [-0.1, -0.05) is 13.3 Å². The molecule has 4 heteroatoms. The van der Waals surface area contributed by atoms with E-state index in [0.717, 1.165) is 18.9 Å². The second-order valence-corrected chi connectivity index (χ2v) is 5.48. The first-order valence-electron chi connectivity index (χ1n) is 7.79. The highest BCUT2D eigenvalue weighted by atomic mass is 15.1. The van der Waals surface area contributed by atoms with E-state index in [9.17, 15) is 0 Å². The van der Waals surface area contributed by atoms with Crippen LogP contribution in [0.5, 0.6) is 0 Å². The van der Waals surface area contributed by atoms with Crippen LogP contribution in [0.4, 0.5) is 0 Å². The number of imidazole rings is 1. The number of rotatable bonds is 7. The van der Waals surface area contributed by atoms with Gasteiger partial charge in [0.15, 0.2) is 0 Å². The van der Waals surface area contributed by atoms with Gasteiger partial charge in [-0.25, -0.2) is 4.98 Å². The Bertz CT molecular complexity index is 353. The number of nitrogens with one attached hydrogen (secondary N) is 1. The van der Waals surface area contributed by atoms with Crippen LogP contribution < -0.4 is 5.32 Å². The number of hydrogen-bond donors (Lipinski definition) is 1. The number of hydrogen-bond acceptors (Lipinski definition) is 3. The van der Waals surface area contributed by atoms with Crippen molar-refractivity contribution in [3.63, 3.8) is 0 Å². The fraction of sp³-hybridized carbons (Fsp3) is 0.800. The van der Waals surface area contributed by atoms with Gasteiger partial charge >= 0.3 is 0 Å². The summed E-state index contributed by atoms with van der Waals surface area (Å²) in [4.78, 5) is 7.02. The number of piperidine rings is 1. The summed E-state index contributed by atoms with van der Waals surface area (Å²) in [6.45, 7) is 10.1. The third kappa shape index (κ3) is 4.32. The van der Waals surface area contributed by atoms with Crippen LogP contribution in [0.25, 0.3) is 0 Å². The van der Waals surface area contributed by atoms with Crippen molar-refractivity contribution in [2.45, 2.75) is 58.7 Å². The smallest absolute Gasteiger partial charge is 0.122 e. The molecule has 0 unspecified atom stereocenters. The third-order valence-corrected chi connectivity index (χ3v) is 4.11. The fourth-order valence-electron chi connectivity index (χ4n) is 2.77. The average Bonchev–Trinajstić information content (AvgIpc) is 2.91. The van der Waals surface area contributed by atoms with E-state index < -0.39 is 0 Å². The summed E-state index contributed by atoms with van der Waals surface area (Å²) in [6, 6.07) is 0.667. The Morgan fingerprint density at radius 3 is 2.79 bits per heavy atom. The van der Waals surface area contributed by atoms with Gasteiger partial charge in [0.05, 0.1) is 6.54 Å². The van der Waals surface area contributed by atoms with E-state index in [1.165, 1.54) is 45.3 Å². The van der Waals surface area contributed by atoms with Crippen LogP contribution in [0.15, 0.2) is 12.4 Å². The van der Waals surface area contributed by atoms with Crippen LogP contribution in [0.3, 0.4) is 0 Å². The minimum atomic E-state index is 0.667. The molecule has 2 rings (SSSR count). The van der Waals surface area contributed by atoms with Crippen LogP contribution in [0, 0.1) is 0 Å². The molecule has 1 fully saturated rings. The molecule has 2 heterocycles. The van der Waals surface area contributed by atoms with Crippen molar-refractivity contribution in [1.29, 1.82) is 0 Å². The first-order chi connectivity index (χ1) is 9.33. The molecule has 0 spiro atoms. The molecule has 108 valence electrons. The highest BCUT2D eigenvalue weighted by Gasteiger charge is 2.18. The van der Waals surface area contributed by atoms with Gasteiger partial charge in [-0.3, -0.25) is 0 Å². The van der Waals surface area contributed by atoms with E-state index in [1.54, 1.807) is 0 Å². The molecule has 0 bridgehead atoms. The van der Waals surface area contributed by atoms with Crippen molar-refractivity contribution >= 4 is 0 Å². The molecule has 0 saturated carbocycles. The lowest BCUT2D eigenvalue weighted by Gasteiger charge is -2.32. The standard InChI is InChI=1S/C15H28N4/c1-3-5-9-18-10-6-14(7-11-18)17-13-15-16-8-12-19(15)4-2/h8,12,14,17H,3-7,9-11,13H2,1-2H3. The monoisotopic (exact) mass is 264 g/mol. The number of aryl methyl sites for hydroxylation is 1. The highest BCUT2D eigenvalue weighted by Crippen LogP contribution is 2.11. The lowest BCUT2D eigenvalue weighted by atomic mass is 10.0. The Balaban J connectivity index is 1.68. The Kier molecular flexibility index (Phi) is 5.86. The van der Waals surface area contributed by atoms with E-state index in [1.807, 2.05) is 6.20 Å². The zero-order chi connectivity index (χ0) is 13.5. The molecule has 1 aliphatic rings. The summed E-state index contributed by atoms with van der Waals surface area (Å²) in [5.74, 6) is 1.16. The number of unbranched alkanes of at least 4 members (excludes halogenated alkanes) is 1. The van der Waals surface area contributed by atoms with Gasteiger partial charge in [0, 0.05) is 25.0 Å². The average molecular weight is 264 g/mol. The number of aromatic nitrogens is 2. The number of nitrogens with zero attached hydrogens (tertiary/aromatic N) is 3. The normalized spacial score (nSPS) is 18.0. The largest absolute Gasteiger partial charge is 0.334 e. The molecule has 4 nitrogen and oxygen atoms in total. The second kappa shape index (κ2) is 7.65. The number of likely N-dealkylation sites (tertiary alicyclic amines) is 1. The summed E-state index contributed by atoms with van der Waals surface area (Å²) in [5, 5.41) is 3.67. The van der Waals surface area contributed by atoms with Gasteiger partial charge in [0.1, 0.15) is 5.82 Å². The predicted octanol–water partition coefficient (Wildman–Crippen LogP) is 2.26. The van der Waals surface area contributed by atoms with Crippen LogP contribution in [-0.4, -0.2) is 40.1 Å². The van der Waals surface area contributed by atoms with E-state index in [4.69, 9.17) is 0 Å². The molecule has 1 N–H and O–H groups in total. The quantitative estimate of drug-likeness (QED) is 0.820. The maximum absolute atomic E-state index is 4.42. The summed E-state index contributed by atoms with van der Waals surface area (Å²) in [5.41, 5.74) is 0. The molecule has 19 heavy (non-hydrogen) atoms. The molecule has 1 aromatic heterocycles. The van der Waals surface area contributed by atoms with Crippen LogP contribution >= 0.6 is 0 Å². The molecule has 0 atom stereocenters. The molecule has 0 amide bonds. The maximum Gasteiger partial charge on any atom is 0.122 e. The first-order valence-corrected chi connectivity index (χ1v) is 7.79. The summed E-state index contributed by atoms with van der Waals surface area (Å²) in [7, 11) is 0.